The maximum Gasteiger partial charge on any atom is 0.307 e. The van der Waals surface area contributed by atoms with Crippen molar-refractivity contribution in [3.63, 3.8) is 0 Å². The van der Waals surface area contributed by atoms with Crippen molar-refractivity contribution in [1.29, 1.82) is 0 Å². The van der Waals surface area contributed by atoms with Crippen molar-refractivity contribution in [2.45, 2.75) is 39.0 Å². The molecule has 0 aliphatic heterocycles. The lowest BCUT2D eigenvalue weighted by molar-refractivity contribution is -0.136. The molecule has 1 aromatic carbocycles. The van der Waals surface area contributed by atoms with Gasteiger partial charge in [-0.1, -0.05) is 26.2 Å². The van der Waals surface area contributed by atoms with Crippen LogP contribution in [0.3, 0.4) is 0 Å². The van der Waals surface area contributed by atoms with Gasteiger partial charge < -0.3 is 19.3 Å². The van der Waals surface area contributed by atoms with E-state index in [0.717, 1.165) is 12.8 Å². The molecular formula is C16H24O5. The topological polar surface area (TPSA) is 65.0 Å². The summed E-state index contributed by atoms with van der Waals surface area (Å²) in [6.07, 6.45) is 4.38. The normalized spacial score (nSPS) is 10.2. The van der Waals surface area contributed by atoms with Crippen LogP contribution in [-0.2, 0) is 11.2 Å². The summed E-state index contributed by atoms with van der Waals surface area (Å²) in [5, 5.41) is 8.87. The van der Waals surface area contributed by atoms with Crippen LogP contribution >= 0.6 is 0 Å². The van der Waals surface area contributed by atoms with Crippen molar-refractivity contribution < 1.29 is 24.1 Å². The third-order valence-electron chi connectivity index (χ3n) is 3.12. The lowest BCUT2D eigenvalue weighted by Gasteiger charge is -2.15. The van der Waals surface area contributed by atoms with E-state index in [4.69, 9.17) is 19.3 Å². The van der Waals surface area contributed by atoms with E-state index >= 15 is 0 Å². The molecule has 0 amide bonds. The Bertz CT molecular complexity index is 431. The first-order valence-corrected chi connectivity index (χ1v) is 7.21. The van der Waals surface area contributed by atoms with Gasteiger partial charge in [0.2, 0.25) is 5.75 Å². The number of hydrogen-bond acceptors (Lipinski definition) is 4. The van der Waals surface area contributed by atoms with Crippen LogP contribution in [0, 0.1) is 0 Å². The van der Waals surface area contributed by atoms with E-state index in [0.29, 0.717) is 29.4 Å². The summed E-state index contributed by atoms with van der Waals surface area (Å²) in [5.41, 5.74) is 0.620. The Hall–Kier alpha value is -1.91. The highest BCUT2D eigenvalue weighted by Crippen LogP contribution is 2.38. The molecule has 0 saturated carbocycles. The van der Waals surface area contributed by atoms with Gasteiger partial charge in [-0.25, -0.2) is 0 Å². The molecule has 0 heterocycles. The molecule has 0 aromatic heterocycles. The van der Waals surface area contributed by atoms with Gasteiger partial charge in [0.15, 0.2) is 11.5 Å². The number of aliphatic carboxylic acids is 1. The van der Waals surface area contributed by atoms with Crippen molar-refractivity contribution in [3.8, 4) is 17.2 Å². The first kappa shape index (κ1) is 17.1. The maximum absolute atomic E-state index is 10.8. The summed E-state index contributed by atoms with van der Waals surface area (Å²) in [7, 11) is 3.06. The number of ether oxygens (including phenoxy) is 3. The van der Waals surface area contributed by atoms with E-state index in [1.165, 1.54) is 27.1 Å². The van der Waals surface area contributed by atoms with E-state index in [9.17, 15) is 4.79 Å². The molecule has 0 fully saturated rings. The molecule has 0 bridgehead atoms. The number of carboxylic acid groups (broad SMARTS) is 1. The van der Waals surface area contributed by atoms with Crippen molar-refractivity contribution in [3.05, 3.63) is 17.7 Å². The Morgan fingerprint density at radius 2 is 1.71 bits per heavy atom. The second-order valence-electron chi connectivity index (χ2n) is 4.81. The molecule has 0 saturated heterocycles. The molecule has 1 N–H and O–H groups in total. The Balaban J connectivity index is 2.82. The zero-order chi connectivity index (χ0) is 15.7. The van der Waals surface area contributed by atoms with Crippen molar-refractivity contribution in [2.24, 2.45) is 0 Å². The number of carbonyl (C=O) groups is 1. The molecular weight excluding hydrogens is 272 g/mol. The average molecular weight is 296 g/mol. The molecule has 5 heteroatoms. The predicted octanol–water partition coefficient (Wildman–Crippen LogP) is 3.29. The van der Waals surface area contributed by atoms with Gasteiger partial charge in [0.1, 0.15) is 0 Å². The summed E-state index contributed by atoms with van der Waals surface area (Å²) >= 11 is 0. The minimum atomic E-state index is -0.896. The second-order valence-corrected chi connectivity index (χ2v) is 4.81. The van der Waals surface area contributed by atoms with Gasteiger partial charge in [0.25, 0.3) is 0 Å². The van der Waals surface area contributed by atoms with Crippen LogP contribution in [0.15, 0.2) is 12.1 Å². The van der Waals surface area contributed by atoms with Crippen LogP contribution in [0.5, 0.6) is 17.2 Å². The fraction of sp³-hybridized carbons (Fsp3) is 0.562. The number of carboxylic acids is 1. The summed E-state index contributed by atoms with van der Waals surface area (Å²) in [6, 6.07) is 3.36. The number of unbranched alkanes of at least 4 members (excludes halogenated alkanes) is 3. The molecule has 0 aliphatic rings. The first-order valence-electron chi connectivity index (χ1n) is 7.21. The van der Waals surface area contributed by atoms with Crippen LogP contribution in [0.25, 0.3) is 0 Å². The molecule has 0 atom stereocenters. The number of methoxy groups -OCH3 is 2. The van der Waals surface area contributed by atoms with Gasteiger partial charge >= 0.3 is 5.97 Å². The van der Waals surface area contributed by atoms with Gasteiger partial charge in [0, 0.05) is 0 Å². The minimum absolute atomic E-state index is 0.0799. The van der Waals surface area contributed by atoms with Crippen molar-refractivity contribution >= 4 is 5.97 Å². The highest BCUT2D eigenvalue weighted by Gasteiger charge is 2.15. The molecule has 1 rings (SSSR count). The fourth-order valence-corrected chi connectivity index (χ4v) is 2.06. The van der Waals surface area contributed by atoms with E-state index < -0.39 is 5.97 Å². The smallest absolute Gasteiger partial charge is 0.307 e. The zero-order valence-electron chi connectivity index (χ0n) is 13.0. The Kier molecular flexibility index (Phi) is 7.43. The van der Waals surface area contributed by atoms with Crippen LogP contribution in [0.2, 0.25) is 0 Å². The van der Waals surface area contributed by atoms with Gasteiger partial charge in [-0.15, -0.1) is 0 Å². The van der Waals surface area contributed by atoms with E-state index in [1.807, 2.05) is 0 Å². The molecule has 0 spiro atoms. The molecule has 1 aromatic rings. The summed E-state index contributed by atoms with van der Waals surface area (Å²) < 4.78 is 16.3. The largest absolute Gasteiger partial charge is 0.493 e. The highest BCUT2D eigenvalue weighted by molar-refractivity contribution is 5.71. The number of benzene rings is 1. The SMILES string of the molecule is CCCCCCOc1c(OC)cc(CC(=O)O)cc1OC. The minimum Gasteiger partial charge on any atom is -0.493 e. The molecule has 21 heavy (non-hydrogen) atoms. The van der Waals surface area contributed by atoms with Crippen LogP contribution in [-0.4, -0.2) is 31.9 Å². The standard InChI is InChI=1S/C16H24O5/c1-4-5-6-7-8-21-16-13(19-2)9-12(11-15(17)18)10-14(16)20-3/h9-10H,4-8,11H2,1-3H3,(H,17,18). The Morgan fingerprint density at radius 1 is 1.10 bits per heavy atom. The summed E-state index contributed by atoms with van der Waals surface area (Å²) in [6.45, 7) is 2.75. The van der Waals surface area contributed by atoms with Gasteiger partial charge in [0.05, 0.1) is 27.2 Å². The van der Waals surface area contributed by atoms with Crippen LogP contribution in [0.1, 0.15) is 38.2 Å². The lowest BCUT2D eigenvalue weighted by Crippen LogP contribution is -2.05. The Morgan fingerprint density at radius 3 is 2.19 bits per heavy atom. The maximum atomic E-state index is 10.8. The van der Waals surface area contributed by atoms with Crippen LogP contribution in [0.4, 0.5) is 0 Å². The van der Waals surface area contributed by atoms with E-state index in [1.54, 1.807) is 12.1 Å². The Labute approximate surface area is 125 Å². The van der Waals surface area contributed by atoms with Crippen molar-refractivity contribution in [1.82, 2.24) is 0 Å². The number of rotatable bonds is 10. The number of hydrogen-bond donors (Lipinski definition) is 1. The molecule has 5 nitrogen and oxygen atoms in total. The molecule has 0 unspecified atom stereocenters. The first-order chi connectivity index (χ1) is 10.1. The lowest BCUT2D eigenvalue weighted by atomic mass is 10.1. The van der Waals surface area contributed by atoms with Gasteiger partial charge in [-0.05, 0) is 24.1 Å². The molecule has 0 aliphatic carbocycles. The second kappa shape index (κ2) is 9.10. The monoisotopic (exact) mass is 296 g/mol. The quantitative estimate of drug-likeness (QED) is 0.671. The van der Waals surface area contributed by atoms with Gasteiger partial charge in [-0.2, -0.15) is 0 Å². The van der Waals surface area contributed by atoms with Crippen molar-refractivity contribution in [2.75, 3.05) is 20.8 Å². The van der Waals surface area contributed by atoms with E-state index in [2.05, 4.69) is 6.92 Å². The molecule has 118 valence electrons. The summed E-state index contributed by atoms with van der Waals surface area (Å²) in [5.74, 6) is 0.639. The van der Waals surface area contributed by atoms with Crippen LogP contribution < -0.4 is 14.2 Å². The third-order valence-corrected chi connectivity index (χ3v) is 3.12. The highest BCUT2D eigenvalue weighted by atomic mass is 16.5. The average Bonchev–Trinajstić information content (AvgIpc) is 2.46. The van der Waals surface area contributed by atoms with E-state index in [-0.39, 0.29) is 6.42 Å². The summed E-state index contributed by atoms with van der Waals surface area (Å²) in [4.78, 5) is 10.8. The fourth-order valence-electron chi connectivity index (χ4n) is 2.06. The third kappa shape index (κ3) is 5.53. The zero-order valence-corrected chi connectivity index (χ0v) is 13.0. The molecule has 0 radical (unpaired) electrons. The van der Waals surface area contributed by atoms with Gasteiger partial charge in [-0.3, -0.25) is 4.79 Å². The predicted molar refractivity (Wildman–Crippen MR) is 80.5 cm³/mol.